The fourth-order valence-corrected chi connectivity index (χ4v) is 2.97. The Bertz CT molecular complexity index is 471. The van der Waals surface area contributed by atoms with Gasteiger partial charge < -0.3 is 9.47 Å². The zero-order valence-electron chi connectivity index (χ0n) is 11.4. The highest BCUT2D eigenvalue weighted by Crippen LogP contribution is 2.33. The van der Waals surface area contributed by atoms with E-state index in [-0.39, 0.29) is 11.9 Å². The average molecular weight is 327 g/mol. The Labute approximate surface area is 122 Å². The average Bonchev–Trinajstić information content (AvgIpc) is 2.83. The number of carbonyl (C=O) groups excluding carboxylic acids is 1. The molecule has 1 unspecified atom stereocenters. The Hall–Kier alpha value is -0.870. The molecule has 0 fully saturated rings. The van der Waals surface area contributed by atoms with Gasteiger partial charge in [0, 0.05) is 29.5 Å². The normalized spacial score (nSPS) is 14.9. The molecule has 0 aromatic heterocycles. The van der Waals surface area contributed by atoms with E-state index in [1.807, 2.05) is 19.9 Å². The predicted molar refractivity (Wildman–Crippen MR) is 77.8 cm³/mol. The summed E-state index contributed by atoms with van der Waals surface area (Å²) in [5.41, 5.74) is 2.15. The number of benzene rings is 1. The predicted octanol–water partition coefficient (Wildman–Crippen LogP) is 3.31. The van der Waals surface area contributed by atoms with Crippen LogP contribution in [0.2, 0.25) is 0 Å². The number of rotatable bonds is 6. The maximum Gasteiger partial charge on any atom is 0.166 e. The van der Waals surface area contributed by atoms with Crippen molar-refractivity contribution in [1.29, 1.82) is 0 Å². The third-order valence-corrected chi connectivity index (χ3v) is 3.75. The lowest BCUT2D eigenvalue weighted by Gasteiger charge is -2.15. The summed E-state index contributed by atoms with van der Waals surface area (Å²) < 4.78 is 12.1. The molecule has 2 rings (SSSR count). The lowest BCUT2D eigenvalue weighted by atomic mass is 10.0. The lowest BCUT2D eigenvalue weighted by Crippen LogP contribution is -2.25. The molecule has 4 heteroatoms. The Morgan fingerprint density at radius 1 is 1.47 bits per heavy atom. The van der Waals surface area contributed by atoms with Crippen molar-refractivity contribution in [3.05, 3.63) is 27.7 Å². The molecule has 0 amide bonds. The van der Waals surface area contributed by atoms with Crippen LogP contribution < -0.4 is 4.74 Å². The van der Waals surface area contributed by atoms with Crippen LogP contribution in [0.25, 0.3) is 0 Å². The Morgan fingerprint density at radius 3 is 2.95 bits per heavy atom. The second kappa shape index (κ2) is 6.53. The van der Waals surface area contributed by atoms with Crippen molar-refractivity contribution in [1.82, 2.24) is 0 Å². The molecule has 0 aliphatic carbocycles. The van der Waals surface area contributed by atoms with E-state index in [1.165, 1.54) is 5.56 Å². The van der Waals surface area contributed by atoms with Gasteiger partial charge in [0.1, 0.15) is 11.9 Å². The first kappa shape index (κ1) is 14.5. The first-order valence-corrected chi connectivity index (χ1v) is 7.53. The van der Waals surface area contributed by atoms with Gasteiger partial charge in [-0.25, -0.2) is 0 Å². The summed E-state index contributed by atoms with van der Waals surface area (Å²) in [4.78, 5) is 12.2. The van der Waals surface area contributed by atoms with E-state index >= 15 is 0 Å². The molecule has 19 heavy (non-hydrogen) atoms. The Morgan fingerprint density at radius 2 is 2.26 bits per heavy atom. The van der Waals surface area contributed by atoms with E-state index in [9.17, 15) is 4.79 Å². The van der Waals surface area contributed by atoms with Crippen molar-refractivity contribution in [3.63, 3.8) is 0 Å². The van der Waals surface area contributed by atoms with Crippen LogP contribution in [0.1, 0.15) is 31.4 Å². The SMILES string of the molecule is CCOC(CC)C(=O)Cc1cc(Br)cc2c1OCC2. The monoisotopic (exact) mass is 326 g/mol. The van der Waals surface area contributed by atoms with Gasteiger partial charge in [0.05, 0.1) is 6.61 Å². The number of ketones is 1. The van der Waals surface area contributed by atoms with E-state index in [2.05, 4.69) is 22.0 Å². The Kier molecular flexibility index (Phi) is 4.99. The van der Waals surface area contributed by atoms with Crippen molar-refractivity contribution < 1.29 is 14.3 Å². The van der Waals surface area contributed by atoms with Crippen LogP contribution >= 0.6 is 15.9 Å². The van der Waals surface area contributed by atoms with E-state index in [1.54, 1.807) is 0 Å². The molecule has 0 spiro atoms. The van der Waals surface area contributed by atoms with Gasteiger partial charge in [-0.2, -0.15) is 0 Å². The molecule has 1 aliphatic rings. The molecule has 0 N–H and O–H groups in total. The number of fused-ring (bicyclic) bond motifs is 1. The van der Waals surface area contributed by atoms with E-state index in [0.29, 0.717) is 26.1 Å². The molecule has 3 nitrogen and oxygen atoms in total. The zero-order chi connectivity index (χ0) is 13.8. The number of carbonyl (C=O) groups is 1. The van der Waals surface area contributed by atoms with Crippen molar-refractivity contribution >= 4 is 21.7 Å². The molecule has 1 atom stereocenters. The molecule has 0 radical (unpaired) electrons. The van der Waals surface area contributed by atoms with Crippen LogP contribution in [0.5, 0.6) is 5.75 Å². The van der Waals surface area contributed by atoms with Crippen LogP contribution in [0.15, 0.2) is 16.6 Å². The summed E-state index contributed by atoms with van der Waals surface area (Å²) in [5.74, 6) is 1.02. The molecule has 1 aromatic rings. The highest BCUT2D eigenvalue weighted by atomic mass is 79.9. The van der Waals surface area contributed by atoms with Gasteiger partial charge in [-0.15, -0.1) is 0 Å². The number of ether oxygens (including phenoxy) is 2. The summed E-state index contributed by atoms with van der Waals surface area (Å²) in [6.07, 6.45) is 1.70. The van der Waals surface area contributed by atoms with Crippen LogP contribution in [0, 0.1) is 0 Å². The largest absolute Gasteiger partial charge is 0.493 e. The van der Waals surface area contributed by atoms with Gasteiger partial charge >= 0.3 is 0 Å². The summed E-state index contributed by atoms with van der Waals surface area (Å²) in [6, 6.07) is 4.04. The van der Waals surface area contributed by atoms with Gasteiger partial charge in [0.2, 0.25) is 0 Å². The van der Waals surface area contributed by atoms with Crippen LogP contribution in [-0.4, -0.2) is 25.1 Å². The number of halogens is 1. The summed E-state index contributed by atoms with van der Waals surface area (Å²) in [5, 5.41) is 0. The fourth-order valence-electron chi connectivity index (χ4n) is 2.42. The lowest BCUT2D eigenvalue weighted by molar-refractivity contribution is -0.129. The number of Topliss-reactive ketones (excluding diaryl/α,β-unsaturated/α-hetero) is 1. The number of hydrogen-bond acceptors (Lipinski definition) is 3. The summed E-state index contributed by atoms with van der Waals surface area (Å²) >= 11 is 3.49. The molecule has 104 valence electrons. The van der Waals surface area contributed by atoms with Crippen LogP contribution in [0.3, 0.4) is 0 Å². The standard InChI is InChI=1S/C15H19BrO3/c1-3-14(18-4-2)13(17)9-11-8-12(16)7-10-5-6-19-15(10)11/h7-8,14H,3-6,9H2,1-2H3. The van der Waals surface area contributed by atoms with Gasteiger partial charge in [0.25, 0.3) is 0 Å². The van der Waals surface area contributed by atoms with Crippen molar-refractivity contribution in [2.75, 3.05) is 13.2 Å². The minimum absolute atomic E-state index is 0.125. The molecule has 0 saturated heterocycles. The quantitative estimate of drug-likeness (QED) is 0.804. The smallest absolute Gasteiger partial charge is 0.166 e. The Balaban J connectivity index is 2.17. The van der Waals surface area contributed by atoms with Gasteiger partial charge in [-0.3, -0.25) is 4.79 Å². The molecule has 1 heterocycles. The van der Waals surface area contributed by atoms with Crippen molar-refractivity contribution in [2.45, 2.75) is 39.2 Å². The highest BCUT2D eigenvalue weighted by molar-refractivity contribution is 9.10. The van der Waals surface area contributed by atoms with Crippen LogP contribution in [-0.2, 0) is 22.4 Å². The third kappa shape index (κ3) is 3.37. The molecule has 1 aliphatic heterocycles. The van der Waals surface area contributed by atoms with Gasteiger partial charge in [0.15, 0.2) is 5.78 Å². The van der Waals surface area contributed by atoms with Crippen molar-refractivity contribution in [3.8, 4) is 5.75 Å². The van der Waals surface area contributed by atoms with Crippen molar-refractivity contribution in [2.24, 2.45) is 0 Å². The van der Waals surface area contributed by atoms with Gasteiger partial charge in [-0.05, 0) is 31.0 Å². The summed E-state index contributed by atoms with van der Waals surface area (Å²) in [7, 11) is 0. The summed E-state index contributed by atoms with van der Waals surface area (Å²) in [6.45, 7) is 5.16. The maximum absolute atomic E-state index is 12.2. The zero-order valence-corrected chi connectivity index (χ0v) is 13.0. The second-order valence-electron chi connectivity index (χ2n) is 4.65. The highest BCUT2D eigenvalue weighted by Gasteiger charge is 2.22. The third-order valence-electron chi connectivity index (χ3n) is 3.29. The first-order chi connectivity index (χ1) is 9.15. The molecule has 1 aromatic carbocycles. The number of hydrogen-bond donors (Lipinski definition) is 0. The molecular formula is C15H19BrO3. The van der Waals surface area contributed by atoms with E-state index in [4.69, 9.17) is 9.47 Å². The maximum atomic E-state index is 12.2. The topological polar surface area (TPSA) is 35.5 Å². The minimum atomic E-state index is -0.305. The molecule has 0 saturated carbocycles. The van der Waals surface area contributed by atoms with Gasteiger partial charge in [-0.1, -0.05) is 22.9 Å². The van der Waals surface area contributed by atoms with Crippen LogP contribution in [0.4, 0.5) is 0 Å². The molecule has 0 bridgehead atoms. The van der Waals surface area contributed by atoms with E-state index in [0.717, 1.165) is 22.2 Å². The first-order valence-electron chi connectivity index (χ1n) is 6.74. The second-order valence-corrected chi connectivity index (χ2v) is 5.56. The van der Waals surface area contributed by atoms with E-state index < -0.39 is 0 Å². The minimum Gasteiger partial charge on any atom is -0.493 e. The molecular weight excluding hydrogens is 308 g/mol. The fraction of sp³-hybridized carbons (Fsp3) is 0.533.